The van der Waals surface area contributed by atoms with E-state index in [1.807, 2.05) is 0 Å². The molecule has 0 aliphatic rings. The maximum Gasteiger partial charge on any atom is 0.419 e. The molecule has 14 heteroatoms. The highest BCUT2D eigenvalue weighted by Gasteiger charge is 2.34. The highest BCUT2D eigenvalue weighted by Crippen LogP contribution is 2.33. The molecule has 0 atom stereocenters. The Bertz CT molecular complexity index is 1420. The predicted octanol–water partition coefficient (Wildman–Crippen LogP) is 6.53. The van der Waals surface area contributed by atoms with Gasteiger partial charge in [-0.15, -0.1) is 0 Å². The number of alkyl halides is 3. The summed E-state index contributed by atoms with van der Waals surface area (Å²) in [6.07, 6.45) is -1.87. The van der Waals surface area contributed by atoms with Gasteiger partial charge in [0.15, 0.2) is 0 Å². The van der Waals surface area contributed by atoms with Gasteiger partial charge < -0.3 is 10.6 Å². The molecule has 0 fully saturated rings. The Morgan fingerprint density at radius 3 is 2.41 bits per heavy atom. The average Bonchev–Trinajstić information content (AvgIpc) is 2.85. The van der Waals surface area contributed by atoms with E-state index in [2.05, 4.69) is 41.1 Å². The topological polar surface area (TPSA) is 100 Å². The van der Waals surface area contributed by atoms with Crippen LogP contribution in [0.4, 0.5) is 41.1 Å². The standard InChI is InChI=1S/C23H16Cl2F4N8/c24-17-4-2-1-3-14(17)12-32-37-22-35-20(31-11-13-5-8-19(25)30-10-13)34-21(36-22)33-15-6-7-18(26)16(9-15)23(27,28)29/h1-10,12H,11H2,(H3,31,33,34,35,36,37)/b32-12+. The van der Waals surface area contributed by atoms with Crippen LogP contribution < -0.4 is 16.1 Å². The van der Waals surface area contributed by atoms with Gasteiger partial charge in [-0.05, 0) is 35.9 Å². The number of rotatable bonds is 8. The van der Waals surface area contributed by atoms with Crippen molar-refractivity contribution in [2.24, 2.45) is 5.10 Å². The van der Waals surface area contributed by atoms with Gasteiger partial charge in [-0.3, -0.25) is 0 Å². The van der Waals surface area contributed by atoms with Crippen LogP contribution in [0.1, 0.15) is 16.7 Å². The van der Waals surface area contributed by atoms with Gasteiger partial charge in [-0.1, -0.05) is 47.5 Å². The highest BCUT2D eigenvalue weighted by molar-refractivity contribution is 6.33. The molecular weight excluding hydrogens is 535 g/mol. The number of nitrogens with one attached hydrogen (secondary N) is 3. The van der Waals surface area contributed by atoms with Gasteiger partial charge in [0, 0.05) is 29.0 Å². The molecule has 0 spiro atoms. The Balaban J connectivity index is 1.59. The summed E-state index contributed by atoms with van der Waals surface area (Å²) in [5.41, 5.74) is 2.51. The molecule has 0 amide bonds. The van der Waals surface area contributed by atoms with E-state index < -0.39 is 17.6 Å². The third-order valence-corrected chi connectivity index (χ3v) is 5.24. The molecule has 0 radical (unpaired) electrons. The van der Waals surface area contributed by atoms with Crippen LogP contribution in [0.25, 0.3) is 0 Å². The fourth-order valence-corrected chi connectivity index (χ4v) is 3.24. The zero-order chi connectivity index (χ0) is 26.4. The molecule has 2 heterocycles. The van der Waals surface area contributed by atoms with E-state index in [-0.39, 0.29) is 30.1 Å². The third-order valence-electron chi connectivity index (χ3n) is 4.68. The molecule has 0 aliphatic heterocycles. The normalized spacial score (nSPS) is 11.5. The lowest BCUT2D eigenvalue weighted by molar-refractivity contribution is -0.139. The van der Waals surface area contributed by atoms with Crippen molar-refractivity contribution in [2.75, 3.05) is 16.1 Å². The average molecular weight is 551 g/mol. The summed E-state index contributed by atoms with van der Waals surface area (Å²) in [4.78, 5) is 16.5. The number of pyridine rings is 1. The Morgan fingerprint density at radius 1 is 0.919 bits per heavy atom. The van der Waals surface area contributed by atoms with Crippen LogP contribution in [0.15, 0.2) is 65.9 Å². The molecule has 0 bridgehead atoms. The molecule has 190 valence electrons. The number of halogens is 6. The van der Waals surface area contributed by atoms with Crippen LogP contribution in [0.5, 0.6) is 0 Å². The Morgan fingerprint density at radius 2 is 1.68 bits per heavy atom. The second kappa shape index (κ2) is 11.4. The lowest BCUT2D eigenvalue weighted by atomic mass is 10.2. The molecule has 3 N–H and O–H groups in total. The van der Waals surface area contributed by atoms with Crippen molar-refractivity contribution in [1.29, 1.82) is 0 Å². The largest absolute Gasteiger partial charge is 0.419 e. The first-order valence-corrected chi connectivity index (χ1v) is 11.2. The van der Waals surface area contributed by atoms with Gasteiger partial charge in [0.2, 0.25) is 17.8 Å². The van der Waals surface area contributed by atoms with Crippen LogP contribution in [-0.2, 0) is 12.7 Å². The number of benzene rings is 2. The maximum atomic E-state index is 13.7. The molecule has 0 aliphatic carbocycles. The summed E-state index contributed by atoms with van der Waals surface area (Å²) in [5.74, 6) is -1.48. The zero-order valence-electron chi connectivity index (χ0n) is 18.6. The fourth-order valence-electron chi connectivity index (χ4n) is 2.94. The van der Waals surface area contributed by atoms with E-state index in [9.17, 15) is 17.6 Å². The first-order chi connectivity index (χ1) is 17.7. The lowest BCUT2D eigenvalue weighted by Crippen LogP contribution is -2.11. The SMILES string of the molecule is Fc1ccc(Nc2nc(NCc3ccc(Cl)nc3)nc(N/N=C/c3ccccc3Cl)n2)cc1C(F)(F)F. The van der Waals surface area contributed by atoms with E-state index in [0.717, 1.165) is 11.6 Å². The Labute approximate surface area is 217 Å². The van der Waals surface area contributed by atoms with Gasteiger partial charge in [0.25, 0.3) is 0 Å². The molecule has 2 aromatic heterocycles. The second-order valence-corrected chi connectivity index (χ2v) is 8.15. The highest BCUT2D eigenvalue weighted by atomic mass is 35.5. The van der Waals surface area contributed by atoms with Crippen molar-refractivity contribution in [3.8, 4) is 0 Å². The minimum atomic E-state index is -4.87. The third kappa shape index (κ3) is 7.24. The van der Waals surface area contributed by atoms with E-state index in [0.29, 0.717) is 27.9 Å². The van der Waals surface area contributed by atoms with Gasteiger partial charge in [-0.25, -0.2) is 14.8 Å². The van der Waals surface area contributed by atoms with E-state index in [4.69, 9.17) is 23.2 Å². The minimum Gasteiger partial charge on any atom is -0.350 e. The first-order valence-electron chi connectivity index (χ1n) is 10.4. The van der Waals surface area contributed by atoms with E-state index in [1.165, 1.54) is 6.21 Å². The number of nitrogens with zero attached hydrogens (tertiary/aromatic N) is 5. The quantitative estimate of drug-likeness (QED) is 0.0991. The van der Waals surface area contributed by atoms with Crippen molar-refractivity contribution in [3.05, 3.63) is 93.5 Å². The van der Waals surface area contributed by atoms with Crippen molar-refractivity contribution in [3.63, 3.8) is 0 Å². The molecule has 2 aromatic carbocycles. The van der Waals surface area contributed by atoms with Crippen molar-refractivity contribution < 1.29 is 17.6 Å². The Kier molecular flexibility index (Phi) is 7.99. The summed E-state index contributed by atoms with van der Waals surface area (Å²) in [6.45, 7) is 0.255. The number of hydrazone groups is 1. The molecule has 4 aromatic rings. The predicted molar refractivity (Wildman–Crippen MR) is 134 cm³/mol. The summed E-state index contributed by atoms with van der Waals surface area (Å²) in [7, 11) is 0. The van der Waals surface area contributed by atoms with Crippen molar-refractivity contribution in [1.82, 2.24) is 19.9 Å². The monoisotopic (exact) mass is 550 g/mol. The van der Waals surface area contributed by atoms with Gasteiger partial charge in [0.1, 0.15) is 11.0 Å². The van der Waals surface area contributed by atoms with Gasteiger partial charge in [0.05, 0.1) is 11.8 Å². The second-order valence-electron chi connectivity index (χ2n) is 7.36. The number of hydrogen-bond donors (Lipinski definition) is 3. The molecule has 0 saturated carbocycles. The molecule has 4 rings (SSSR count). The zero-order valence-corrected chi connectivity index (χ0v) is 20.1. The molecular formula is C23H16Cl2F4N8. The van der Waals surface area contributed by atoms with E-state index >= 15 is 0 Å². The van der Waals surface area contributed by atoms with Gasteiger partial charge >= 0.3 is 6.18 Å². The van der Waals surface area contributed by atoms with Crippen LogP contribution in [0, 0.1) is 5.82 Å². The lowest BCUT2D eigenvalue weighted by Gasteiger charge is -2.12. The maximum absolute atomic E-state index is 13.7. The molecule has 37 heavy (non-hydrogen) atoms. The minimum absolute atomic E-state index is 0.0318. The summed E-state index contributed by atoms with van der Waals surface area (Å²) in [6, 6.07) is 12.8. The van der Waals surface area contributed by atoms with Crippen LogP contribution in [-0.4, -0.2) is 26.2 Å². The molecule has 8 nitrogen and oxygen atoms in total. The van der Waals surface area contributed by atoms with Crippen molar-refractivity contribution >= 4 is 52.9 Å². The molecule has 0 unspecified atom stereocenters. The summed E-state index contributed by atoms with van der Waals surface area (Å²) in [5, 5.41) is 10.5. The van der Waals surface area contributed by atoms with Crippen LogP contribution >= 0.6 is 23.2 Å². The first kappa shape index (κ1) is 26.0. The number of anilines is 4. The summed E-state index contributed by atoms with van der Waals surface area (Å²) >= 11 is 11.9. The van der Waals surface area contributed by atoms with E-state index in [1.54, 1.807) is 42.6 Å². The summed E-state index contributed by atoms with van der Waals surface area (Å²) < 4.78 is 53.0. The van der Waals surface area contributed by atoms with Crippen molar-refractivity contribution in [2.45, 2.75) is 12.7 Å². The van der Waals surface area contributed by atoms with Crippen LogP contribution in [0.2, 0.25) is 10.2 Å². The fraction of sp³-hybridized carbons (Fsp3) is 0.0870. The van der Waals surface area contributed by atoms with Crippen LogP contribution in [0.3, 0.4) is 0 Å². The Hall–Kier alpha value is -4.03. The van der Waals surface area contributed by atoms with Gasteiger partial charge in [-0.2, -0.15) is 33.2 Å². The number of aromatic nitrogens is 4. The molecule has 0 saturated heterocycles. The smallest absolute Gasteiger partial charge is 0.350 e. The number of hydrogen-bond acceptors (Lipinski definition) is 8.